The molecule has 168 valence electrons. The summed E-state index contributed by atoms with van der Waals surface area (Å²) in [5, 5.41) is 5.87. The van der Waals surface area contributed by atoms with Crippen LogP contribution < -0.4 is 10.6 Å². The first-order valence-electron chi connectivity index (χ1n) is 10.3. The highest BCUT2D eigenvalue weighted by molar-refractivity contribution is 6.02. The number of aliphatic imine (C=N–C) groups is 1. The van der Waals surface area contributed by atoms with E-state index in [1.807, 2.05) is 6.07 Å². The molecule has 0 bridgehead atoms. The van der Waals surface area contributed by atoms with E-state index in [1.165, 1.54) is 24.3 Å². The van der Waals surface area contributed by atoms with Gasteiger partial charge in [0.25, 0.3) is 5.91 Å². The van der Waals surface area contributed by atoms with Crippen molar-refractivity contribution in [1.29, 1.82) is 0 Å². The molecule has 2 N–H and O–H groups in total. The van der Waals surface area contributed by atoms with Gasteiger partial charge in [-0.15, -0.1) is 0 Å². The minimum atomic E-state index is -0.846. The van der Waals surface area contributed by atoms with Gasteiger partial charge in [-0.2, -0.15) is 0 Å². The van der Waals surface area contributed by atoms with Gasteiger partial charge in [-0.3, -0.25) is 9.79 Å². The fourth-order valence-electron chi connectivity index (χ4n) is 3.61. The Morgan fingerprint density at radius 2 is 1.85 bits per heavy atom. The molecule has 8 heteroatoms. The first-order chi connectivity index (χ1) is 16.0. The lowest BCUT2D eigenvalue weighted by Crippen LogP contribution is -2.24. The monoisotopic (exact) mass is 449 g/mol. The predicted octanol–water partition coefficient (Wildman–Crippen LogP) is 3.70. The zero-order valence-corrected chi connectivity index (χ0v) is 17.8. The van der Waals surface area contributed by atoms with E-state index in [9.17, 15) is 18.4 Å². The SMILES string of the molecule is COC(=O)c1c(F)cccc1-c1ccc(CNC(=O)c2cccc(C3=NCCN3)c2)c(F)c1. The van der Waals surface area contributed by atoms with Gasteiger partial charge in [0.05, 0.1) is 13.7 Å². The maximum atomic E-state index is 14.8. The van der Waals surface area contributed by atoms with Gasteiger partial charge in [-0.05, 0) is 35.4 Å². The minimum absolute atomic E-state index is 0.0403. The van der Waals surface area contributed by atoms with Crippen molar-refractivity contribution >= 4 is 17.7 Å². The molecule has 33 heavy (non-hydrogen) atoms. The second-order valence-corrected chi connectivity index (χ2v) is 7.38. The molecule has 4 rings (SSSR count). The Morgan fingerprint density at radius 1 is 1.03 bits per heavy atom. The topological polar surface area (TPSA) is 79.8 Å². The zero-order chi connectivity index (χ0) is 23.4. The summed E-state index contributed by atoms with van der Waals surface area (Å²) in [6.45, 7) is 1.41. The quantitative estimate of drug-likeness (QED) is 0.563. The van der Waals surface area contributed by atoms with Crippen LogP contribution >= 0.6 is 0 Å². The van der Waals surface area contributed by atoms with E-state index in [0.717, 1.165) is 31.1 Å². The fraction of sp³-hybridized carbons (Fsp3) is 0.160. The highest BCUT2D eigenvalue weighted by atomic mass is 19.1. The van der Waals surface area contributed by atoms with E-state index in [0.29, 0.717) is 17.7 Å². The van der Waals surface area contributed by atoms with Crippen LogP contribution in [0.25, 0.3) is 11.1 Å². The third-order valence-electron chi connectivity index (χ3n) is 5.28. The smallest absolute Gasteiger partial charge is 0.341 e. The molecule has 0 spiro atoms. The number of carbonyl (C=O) groups excluding carboxylic acids is 2. The molecule has 0 aliphatic carbocycles. The molecule has 1 heterocycles. The first-order valence-corrected chi connectivity index (χ1v) is 10.3. The van der Waals surface area contributed by atoms with E-state index in [-0.39, 0.29) is 29.1 Å². The number of nitrogens with zero attached hydrogens (tertiary/aromatic N) is 1. The van der Waals surface area contributed by atoms with Crippen LogP contribution in [0.2, 0.25) is 0 Å². The van der Waals surface area contributed by atoms with E-state index in [4.69, 9.17) is 0 Å². The van der Waals surface area contributed by atoms with Crippen LogP contribution in [0.5, 0.6) is 0 Å². The number of halogens is 2. The van der Waals surface area contributed by atoms with Crippen LogP contribution in [0.3, 0.4) is 0 Å². The van der Waals surface area contributed by atoms with Gasteiger partial charge in [-0.25, -0.2) is 13.6 Å². The Bertz CT molecular complexity index is 1260. The number of rotatable bonds is 6. The lowest BCUT2D eigenvalue weighted by Gasteiger charge is -2.12. The number of nitrogens with one attached hydrogen (secondary N) is 2. The number of benzene rings is 3. The highest BCUT2D eigenvalue weighted by Gasteiger charge is 2.19. The molecule has 0 aromatic heterocycles. The zero-order valence-electron chi connectivity index (χ0n) is 17.8. The molecule has 0 radical (unpaired) electrons. The van der Waals surface area contributed by atoms with Crippen LogP contribution in [0, 0.1) is 11.6 Å². The van der Waals surface area contributed by atoms with Gasteiger partial charge in [-0.1, -0.05) is 36.4 Å². The Hall–Kier alpha value is -4.07. The fourth-order valence-corrected chi connectivity index (χ4v) is 3.61. The summed E-state index contributed by atoms with van der Waals surface area (Å²) >= 11 is 0. The molecule has 0 fully saturated rings. The van der Waals surface area contributed by atoms with Gasteiger partial charge < -0.3 is 15.4 Å². The third-order valence-corrected chi connectivity index (χ3v) is 5.28. The second-order valence-electron chi connectivity index (χ2n) is 7.38. The van der Waals surface area contributed by atoms with Gasteiger partial charge in [0, 0.05) is 29.8 Å². The average Bonchev–Trinajstić information content (AvgIpc) is 3.37. The Morgan fingerprint density at radius 3 is 2.58 bits per heavy atom. The number of carbonyl (C=O) groups is 2. The van der Waals surface area contributed by atoms with Crippen molar-refractivity contribution in [3.8, 4) is 11.1 Å². The standard InChI is InChI=1S/C25H21F2N3O3/c1-33-25(32)22-19(6-3-7-20(22)26)15-8-9-18(21(27)13-15)14-30-24(31)17-5-2-4-16(12-17)23-28-10-11-29-23/h2-9,12-13H,10-11,14H2,1H3,(H,28,29)(H,30,31). The van der Waals surface area contributed by atoms with Gasteiger partial charge in [0.2, 0.25) is 0 Å². The molecule has 0 saturated carbocycles. The average molecular weight is 449 g/mol. The molecule has 6 nitrogen and oxygen atoms in total. The molecular formula is C25H21F2N3O3. The van der Waals surface area contributed by atoms with E-state index < -0.39 is 17.6 Å². The Balaban J connectivity index is 1.50. The normalized spacial score (nSPS) is 12.6. The number of hydrogen-bond donors (Lipinski definition) is 2. The Labute approximate surface area is 189 Å². The predicted molar refractivity (Wildman–Crippen MR) is 120 cm³/mol. The summed E-state index contributed by atoms with van der Waals surface area (Å²) < 4.78 is 33.6. The maximum absolute atomic E-state index is 14.8. The number of amides is 1. The molecule has 1 aliphatic heterocycles. The summed E-state index contributed by atoms with van der Waals surface area (Å²) in [6, 6.07) is 15.4. The molecular weight excluding hydrogens is 428 g/mol. The number of hydrogen-bond acceptors (Lipinski definition) is 5. The molecule has 1 amide bonds. The summed E-state index contributed by atoms with van der Waals surface area (Å²) in [4.78, 5) is 28.9. The van der Waals surface area contributed by atoms with Crippen LogP contribution in [-0.4, -0.2) is 37.9 Å². The van der Waals surface area contributed by atoms with Crippen molar-refractivity contribution in [2.45, 2.75) is 6.54 Å². The van der Waals surface area contributed by atoms with Crippen LogP contribution in [0.1, 0.15) is 31.8 Å². The van der Waals surface area contributed by atoms with E-state index in [2.05, 4.69) is 20.4 Å². The largest absolute Gasteiger partial charge is 0.465 e. The second kappa shape index (κ2) is 9.60. The number of amidine groups is 1. The van der Waals surface area contributed by atoms with E-state index in [1.54, 1.807) is 24.3 Å². The third kappa shape index (κ3) is 4.74. The van der Waals surface area contributed by atoms with Crippen molar-refractivity contribution in [1.82, 2.24) is 10.6 Å². The number of ether oxygens (including phenoxy) is 1. The summed E-state index contributed by atoms with van der Waals surface area (Å²) in [5.41, 5.74) is 1.77. The molecule has 0 unspecified atom stereocenters. The van der Waals surface area contributed by atoms with Crippen LogP contribution in [0.4, 0.5) is 8.78 Å². The lowest BCUT2D eigenvalue weighted by atomic mass is 9.98. The molecule has 0 atom stereocenters. The van der Waals surface area contributed by atoms with Gasteiger partial charge in [0.15, 0.2) is 0 Å². The van der Waals surface area contributed by atoms with Crippen molar-refractivity contribution in [3.05, 3.63) is 94.6 Å². The summed E-state index contributed by atoms with van der Waals surface area (Å²) in [7, 11) is 1.15. The van der Waals surface area contributed by atoms with Crippen molar-refractivity contribution < 1.29 is 23.1 Å². The van der Waals surface area contributed by atoms with Crippen molar-refractivity contribution in [2.75, 3.05) is 20.2 Å². The maximum Gasteiger partial charge on any atom is 0.341 e. The van der Waals surface area contributed by atoms with Crippen molar-refractivity contribution in [2.24, 2.45) is 4.99 Å². The number of esters is 1. The van der Waals surface area contributed by atoms with Gasteiger partial charge >= 0.3 is 5.97 Å². The molecule has 0 saturated heterocycles. The van der Waals surface area contributed by atoms with Crippen LogP contribution in [-0.2, 0) is 11.3 Å². The summed E-state index contributed by atoms with van der Waals surface area (Å²) in [6.07, 6.45) is 0. The van der Waals surface area contributed by atoms with Crippen LogP contribution in [0.15, 0.2) is 65.7 Å². The first kappa shape index (κ1) is 22.1. The number of methoxy groups -OCH3 is 1. The van der Waals surface area contributed by atoms with Crippen molar-refractivity contribution in [3.63, 3.8) is 0 Å². The summed E-state index contributed by atoms with van der Waals surface area (Å²) in [5.74, 6) is -1.80. The Kier molecular flexibility index (Phi) is 6.44. The van der Waals surface area contributed by atoms with E-state index >= 15 is 0 Å². The lowest BCUT2D eigenvalue weighted by molar-refractivity contribution is 0.0596. The highest BCUT2D eigenvalue weighted by Crippen LogP contribution is 2.28. The minimum Gasteiger partial charge on any atom is -0.465 e. The molecule has 3 aromatic carbocycles. The molecule has 3 aromatic rings. The van der Waals surface area contributed by atoms with Gasteiger partial charge in [0.1, 0.15) is 23.0 Å². The molecule has 1 aliphatic rings.